The molecule has 0 aromatic heterocycles. The van der Waals surface area contributed by atoms with E-state index in [2.05, 4.69) is 6.92 Å². The molecule has 148 valence electrons. The van der Waals surface area contributed by atoms with Crippen molar-refractivity contribution in [1.29, 1.82) is 0 Å². The van der Waals surface area contributed by atoms with Crippen LogP contribution in [0.5, 0.6) is 5.75 Å². The zero-order valence-electron chi connectivity index (χ0n) is 15.9. The maximum absolute atomic E-state index is 14.6. The van der Waals surface area contributed by atoms with E-state index in [1.807, 2.05) is 6.92 Å². The van der Waals surface area contributed by atoms with E-state index in [4.69, 9.17) is 16.3 Å². The average molecular weight is 399 g/mol. The lowest BCUT2D eigenvalue weighted by Gasteiger charge is -2.13. The minimum Gasteiger partial charge on any atom is -0.490 e. The highest BCUT2D eigenvalue weighted by atomic mass is 35.5. The van der Waals surface area contributed by atoms with E-state index < -0.39 is 17.5 Å². The minimum atomic E-state index is -1.08. The maximum atomic E-state index is 14.6. The maximum Gasteiger partial charge on any atom is 0.201 e. The van der Waals surface area contributed by atoms with Gasteiger partial charge in [0.1, 0.15) is 5.82 Å². The molecule has 0 radical (unpaired) electrons. The van der Waals surface area contributed by atoms with E-state index in [-0.39, 0.29) is 21.9 Å². The summed E-state index contributed by atoms with van der Waals surface area (Å²) in [6, 6.07) is 5.89. The summed E-state index contributed by atoms with van der Waals surface area (Å²) in [6.45, 7) is 4.40. The van der Waals surface area contributed by atoms with E-state index in [1.54, 1.807) is 12.1 Å². The summed E-state index contributed by atoms with van der Waals surface area (Å²) in [5.41, 5.74) is 0.569. The molecule has 0 aliphatic carbocycles. The molecule has 0 spiro atoms. The minimum absolute atomic E-state index is 0.0724. The van der Waals surface area contributed by atoms with Gasteiger partial charge < -0.3 is 4.74 Å². The van der Waals surface area contributed by atoms with Crippen molar-refractivity contribution < 1.29 is 17.9 Å². The Kier molecular flexibility index (Phi) is 8.49. The van der Waals surface area contributed by atoms with Crippen LogP contribution in [0.25, 0.3) is 11.1 Å². The van der Waals surface area contributed by atoms with Crippen LogP contribution in [0.3, 0.4) is 0 Å². The molecule has 2 aromatic carbocycles. The first-order chi connectivity index (χ1) is 13.0. The first-order valence-electron chi connectivity index (χ1n) is 9.59. The zero-order chi connectivity index (χ0) is 19.8. The van der Waals surface area contributed by atoms with Gasteiger partial charge in [0, 0.05) is 11.1 Å². The largest absolute Gasteiger partial charge is 0.490 e. The molecule has 0 atom stereocenters. The highest BCUT2D eigenvalue weighted by molar-refractivity contribution is 6.33. The van der Waals surface area contributed by atoms with Crippen LogP contribution >= 0.6 is 11.6 Å². The first kappa shape index (κ1) is 21.6. The molecule has 2 aromatic rings. The van der Waals surface area contributed by atoms with Crippen LogP contribution in [0.2, 0.25) is 5.02 Å². The summed E-state index contributed by atoms with van der Waals surface area (Å²) in [6.07, 6.45) is 6.31. The summed E-state index contributed by atoms with van der Waals surface area (Å²) >= 11 is 6.14. The molecule has 0 N–H and O–H groups in total. The van der Waals surface area contributed by atoms with Crippen molar-refractivity contribution in [3.63, 3.8) is 0 Å². The predicted octanol–water partition coefficient (Wildman–Crippen LogP) is 7.73. The molecule has 2 rings (SSSR count). The fourth-order valence-electron chi connectivity index (χ4n) is 2.91. The second-order valence-corrected chi connectivity index (χ2v) is 7.03. The van der Waals surface area contributed by atoms with Gasteiger partial charge in [-0.1, -0.05) is 63.3 Å². The van der Waals surface area contributed by atoms with Gasteiger partial charge >= 0.3 is 0 Å². The Balaban J connectivity index is 2.25. The Morgan fingerprint density at radius 3 is 2.19 bits per heavy atom. The lowest BCUT2D eigenvalue weighted by Crippen LogP contribution is -2.02. The van der Waals surface area contributed by atoms with Crippen LogP contribution in [-0.4, -0.2) is 6.61 Å². The van der Waals surface area contributed by atoms with Gasteiger partial charge in [0.15, 0.2) is 11.6 Å². The molecule has 0 amide bonds. The second kappa shape index (κ2) is 10.6. The van der Waals surface area contributed by atoms with Crippen LogP contribution in [0.1, 0.15) is 57.9 Å². The fraction of sp³-hybridized carbons (Fsp3) is 0.455. The smallest absolute Gasteiger partial charge is 0.201 e. The number of aryl methyl sites for hydroxylation is 1. The molecule has 0 unspecified atom stereocenters. The average Bonchev–Trinajstić information content (AvgIpc) is 2.66. The molecule has 0 aliphatic rings. The number of rotatable bonds is 10. The van der Waals surface area contributed by atoms with Gasteiger partial charge in [0.05, 0.1) is 11.6 Å². The van der Waals surface area contributed by atoms with E-state index in [0.717, 1.165) is 38.5 Å². The van der Waals surface area contributed by atoms with Gasteiger partial charge in [-0.25, -0.2) is 8.78 Å². The van der Waals surface area contributed by atoms with E-state index in [9.17, 15) is 13.2 Å². The quantitative estimate of drug-likeness (QED) is 0.372. The first-order valence-corrected chi connectivity index (χ1v) is 9.97. The van der Waals surface area contributed by atoms with Crippen molar-refractivity contribution in [3.8, 4) is 16.9 Å². The van der Waals surface area contributed by atoms with Crippen molar-refractivity contribution in [2.45, 2.75) is 58.8 Å². The number of hydrogen-bond acceptors (Lipinski definition) is 1. The summed E-state index contributed by atoms with van der Waals surface area (Å²) in [7, 11) is 0. The molecule has 0 aliphatic heterocycles. The van der Waals surface area contributed by atoms with Gasteiger partial charge in [-0.15, -0.1) is 0 Å². The normalized spacial score (nSPS) is 11.0. The van der Waals surface area contributed by atoms with Gasteiger partial charge in [0.2, 0.25) is 5.82 Å². The zero-order valence-corrected chi connectivity index (χ0v) is 16.6. The highest BCUT2D eigenvalue weighted by Gasteiger charge is 2.20. The fourth-order valence-corrected chi connectivity index (χ4v) is 3.20. The number of ether oxygens (including phenoxy) is 1. The topological polar surface area (TPSA) is 9.23 Å². The molecular formula is C22H26ClF3O. The molecule has 27 heavy (non-hydrogen) atoms. The lowest BCUT2D eigenvalue weighted by molar-refractivity contribution is 0.289. The number of hydrogen-bond donors (Lipinski definition) is 0. The van der Waals surface area contributed by atoms with Crippen LogP contribution in [0.4, 0.5) is 13.2 Å². The second-order valence-electron chi connectivity index (χ2n) is 6.65. The number of unbranched alkanes of at least 4 members (excludes halogenated alkanes) is 4. The third-order valence-corrected chi connectivity index (χ3v) is 4.92. The van der Waals surface area contributed by atoms with Gasteiger partial charge in [0.25, 0.3) is 0 Å². The standard InChI is InChI=1S/C22H26ClF3O/c1-3-5-7-8-9-15-10-11-16(19(23)20(15)24)17-12-13-18(22(26)21(17)25)27-14-6-4-2/h10-13H,3-9,14H2,1-2H3. The van der Waals surface area contributed by atoms with Crippen LogP contribution in [-0.2, 0) is 6.42 Å². The summed E-state index contributed by atoms with van der Waals surface area (Å²) in [5, 5.41) is -0.180. The van der Waals surface area contributed by atoms with Crippen molar-refractivity contribution in [1.82, 2.24) is 0 Å². The van der Waals surface area contributed by atoms with E-state index in [0.29, 0.717) is 18.6 Å². The van der Waals surface area contributed by atoms with Crippen molar-refractivity contribution >= 4 is 11.6 Å². The molecule has 0 bridgehead atoms. The highest BCUT2D eigenvalue weighted by Crippen LogP contribution is 2.36. The molecule has 1 nitrogen and oxygen atoms in total. The van der Waals surface area contributed by atoms with Crippen molar-refractivity contribution in [2.75, 3.05) is 6.61 Å². The Labute approximate surface area is 164 Å². The van der Waals surface area contributed by atoms with Gasteiger partial charge in [-0.05, 0) is 37.0 Å². The molecule has 0 heterocycles. The van der Waals surface area contributed by atoms with Crippen LogP contribution in [0, 0.1) is 17.5 Å². The van der Waals surface area contributed by atoms with E-state index >= 15 is 0 Å². The number of halogens is 4. The number of benzene rings is 2. The monoisotopic (exact) mass is 398 g/mol. The third kappa shape index (κ3) is 5.41. The van der Waals surface area contributed by atoms with Crippen LogP contribution < -0.4 is 4.74 Å². The van der Waals surface area contributed by atoms with Gasteiger partial charge in [-0.3, -0.25) is 0 Å². The van der Waals surface area contributed by atoms with E-state index in [1.165, 1.54) is 12.1 Å². The molecule has 0 saturated heterocycles. The lowest BCUT2D eigenvalue weighted by atomic mass is 9.99. The third-order valence-electron chi connectivity index (χ3n) is 4.55. The molecular weight excluding hydrogens is 373 g/mol. The van der Waals surface area contributed by atoms with Crippen molar-refractivity contribution in [2.24, 2.45) is 0 Å². The molecule has 0 saturated carbocycles. The summed E-state index contributed by atoms with van der Waals surface area (Å²) < 4.78 is 48.7. The molecule has 5 heteroatoms. The Morgan fingerprint density at radius 1 is 0.778 bits per heavy atom. The Bertz CT molecular complexity index is 762. The van der Waals surface area contributed by atoms with Crippen LogP contribution in [0.15, 0.2) is 24.3 Å². The SMILES string of the molecule is CCCCCCc1ccc(-c2ccc(OCCCC)c(F)c2F)c(Cl)c1F. The predicted molar refractivity (Wildman–Crippen MR) is 105 cm³/mol. The van der Waals surface area contributed by atoms with Crippen molar-refractivity contribution in [3.05, 3.63) is 52.3 Å². The summed E-state index contributed by atoms with van der Waals surface area (Å²) in [5.74, 6) is -2.87. The van der Waals surface area contributed by atoms with Gasteiger partial charge in [-0.2, -0.15) is 4.39 Å². The Morgan fingerprint density at radius 2 is 1.48 bits per heavy atom. The molecule has 0 fully saturated rings. The summed E-state index contributed by atoms with van der Waals surface area (Å²) in [4.78, 5) is 0. The Hall–Kier alpha value is -1.68.